The zero-order valence-corrected chi connectivity index (χ0v) is 17.8. The number of rotatable bonds is 6. The van der Waals surface area contributed by atoms with Crippen LogP contribution in [0.25, 0.3) is 20.7 Å². The van der Waals surface area contributed by atoms with Crippen LogP contribution in [0, 0.1) is 12.7 Å². The fourth-order valence-corrected chi connectivity index (χ4v) is 4.16. The topological polar surface area (TPSA) is 91.0 Å². The van der Waals surface area contributed by atoms with Gasteiger partial charge >= 0.3 is 0 Å². The average molecular weight is 438 g/mol. The first-order valence-corrected chi connectivity index (χ1v) is 10.4. The van der Waals surface area contributed by atoms with Gasteiger partial charge in [-0.05, 0) is 55.4 Å². The number of fused-ring (bicyclic) bond motifs is 1. The smallest absolute Gasteiger partial charge is 0.268 e. The highest BCUT2D eigenvalue weighted by Gasteiger charge is 2.13. The van der Waals surface area contributed by atoms with E-state index in [1.807, 2.05) is 19.1 Å². The summed E-state index contributed by atoms with van der Waals surface area (Å²) in [4.78, 5) is 38.8. The molecule has 31 heavy (non-hydrogen) atoms. The van der Waals surface area contributed by atoms with E-state index in [0.717, 1.165) is 16.0 Å². The number of thiophene rings is 1. The number of amides is 1. The Bertz CT molecular complexity index is 1300. The molecule has 0 aliphatic heterocycles. The highest BCUT2D eigenvalue weighted by Crippen LogP contribution is 2.30. The van der Waals surface area contributed by atoms with Gasteiger partial charge in [-0.1, -0.05) is 12.1 Å². The summed E-state index contributed by atoms with van der Waals surface area (Å²) >= 11 is 1.31. The molecule has 158 valence electrons. The Hall–Kier alpha value is -3.43. The Morgan fingerprint density at radius 2 is 2.00 bits per heavy atom. The second-order valence-corrected chi connectivity index (χ2v) is 8.34. The molecular weight excluding hydrogens is 417 g/mol. The number of nitrogens with one attached hydrogen (secondary N) is 2. The summed E-state index contributed by atoms with van der Waals surface area (Å²) in [6.07, 6.45) is 1.64. The molecule has 4 rings (SSSR count). The lowest BCUT2D eigenvalue weighted by atomic mass is 10.2. The minimum atomic E-state index is -0.312. The van der Waals surface area contributed by atoms with Crippen LogP contribution < -0.4 is 10.9 Å². The summed E-state index contributed by atoms with van der Waals surface area (Å²) in [5, 5.41) is 2.76. The Morgan fingerprint density at radius 1 is 1.23 bits per heavy atom. The van der Waals surface area contributed by atoms with Gasteiger partial charge in [-0.15, -0.1) is 11.3 Å². The summed E-state index contributed by atoms with van der Waals surface area (Å²) in [6.45, 7) is 2.33. The van der Waals surface area contributed by atoms with Gasteiger partial charge in [0.05, 0.1) is 18.6 Å². The highest BCUT2D eigenvalue weighted by molar-refractivity contribution is 7.22. The van der Waals surface area contributed by atoms with Crippen molar-refractivity contribution in [1.29, 1.82) is 0 Å². The number of hydrogen-bond donors (Lipinski definition) is 2. The molecule has 7 nitrogen and oxygen atoms in total. The van der Waals surface area contributed by atoms with Gasteiger partial charge in [-0.3, -0.25) is 14.5 Å². The number of carbonyl (C=O) groups excluding carboxylic acids is 1. The number of benzene rings is 1. The first-order chi connectivity index (χ1) is 14.9. The average Bonchev–Trinajstić information content (AvgIpc) is 3.13. The molecule has 0 fully saturated rings. The predicted molar refractivity (Wildman–Crippen MR) is 120 cm³/mol. The third kappa shape index (κ3) is 5.01. The van der Waals surface area contributed by atoms with Crippen LogP contribution in [-0.2, 0) is 11.3 Å². The fourth-order valence-electron chi connectivity index (χ4n) is 3.16. The van der Waals surface area contributed by atoms with Gasteiger partial charge in [0.2, 0.25) is 5.91 Å². The quantitative estimate of drug-likeness (QED) is 0.481. The number of nitrogens with zero attached hydrogens (tertiary/aromatic N) is 3. The predicted octanol–water partition coefficient (Wildman–Crippen LogP) is 3.56. The lowest BCUT2D eigenvalue weighted by molar-refractivity contribution is -0.117. The number of likely N-dealkylation sites (N-methyl/N-ethyl adjacent to an activating group) is 1. The van der Waals surface area contributed by atoms with Crippen LogP contribution in [0.15, 0.2) is 53.5 Å². The second kappa shape index (κ2) is 8.75. The third-order valence-corrected chi connectivity index (χ3v) is 5.75. The molecule has 2 N–H and O–H groups in total. The molecule has 0 bridgehead atoms. The van der Waals surface area contributed by atoms with E-state index in [1.165, 1.54) is 23.5 Å². The number of aromatic amines is 1. The van der Waals surface area contributed by atoms with Gasteiger partial charge in [0, 0.05) is 11.1 Å². The standard InChI is InChI=1S/C22H20FN5O2S/c1-13-7-8-24-18(9-13)26-20(29)12-28(2)11-19-25-16-10-17(31-21(16)22(30)27-19)14-3-5-15(23)6-4-14/h3-10H,11-12H2,1-2H3,(H,24,26,29)(H,25,27,30). The molecule has 1 aromatic carbocycles. The summed E-state index contributed by atoms with van der Waals surface area (Å²) in [7, 11) is 1.77. The van der Waals surface area contributed by atoms with Crippen molar-refractivity contribution in [2.45, 2.75) is 13.5 Å². The monoisotopic (exact) mass is 437 g/mol. The van der Waals surface area contributed by atoms with E-state index in [4.69, 9.17) is 0 Å². The normalized spacial score (nSPS) is 11.2. The molecule has 0 saturated carbocycles. The minimum Gasteiger partial charge on any atom is -0.310 e. The molecular formula is C22H20FN5O2S. The van der Waals surface area contributed by atoms with Crippen LogP contribution in [0.4, 0.5) is 10.2 Å². The molecule has 0 unspecified atom stereocenters. The molecule has 9 heteroatoms. The van der Waals surface area contributed by atoms with E-state index >= 15 is 0 Å². The second-order valence-electron chi connectivity index (χ2n) is 7.28. The lowest BCUT2D eigenvalue weighted by Crippen LogP contribution is -2.31. The maximum atomic E-state index is 13.2. The molecule has 3 aromatic heterocycles. The molecule has 4 aromatic rings. The van der Waals surface area contributed by atoms with Crippen molar-refractivity contribution in [2.24, 2.45) is 0 Å². The van der Waals surface area contributed by atoms with Crippen LogP contribution in [0.5, 0.6) is 0 Å². The first kappa shape index (κ1) is 20.8. The summed E-state index contributed by atoms with van der Waals surface area (Å²) in [5.74, 6) is 0.439. The fraction of sp³-hybridized carbons (Fsp3) is 0.182. The number of halogens is 1. The maximum Gasteiger partial charge on any atom is 0.268 e. The zero-order valence-electron chi connectivity index (χ0n) is 17.0. The molecule has 0 spiro atoms. The Morgan fingerprint density at radius 3 is 2.74 bits per heavy atom. The molecule has 0 atom stereocenters. The van der Waals surface area contributed by atoms with Crippen LogP contribution in [0.3, 0.4) is 0 Å². The molecule has 0 saturated heterocycles. The summed E-state index contributed by atoms with van der Waals surface area (Å²) in [5.41, 5.74) is 2.17. The van der Waals surface area contributed by atoms with Crippen molar-refractivity contribution in [1.82, 2.24) is 19.9 Å². The van der Waals surface area contributed by atoms with Crippen molar-refractivity contribution in [3.05, 3.63) is 76.2 Å². The van der Waals surface area contributed by atoms with E-state index in [0.29, 0.717) is 28.4 Å². The third-order valence-electron chi connectivity index (χ3n) is 4.58. The highest BCUT2D eigenvalue weighted by atomic mass is 32.1. The number of anilines is 1. The van der Waals surface area contributed by atoms with Crippen LogP contribution >= 0.6 is 11.3 Å². The van der Waals surface area contributed by atoms with Gasteiger partial charge < -0.3 is 10.3 Å². The molecule has 3 heterocycles. The number of carbonyl (C=O) groups is 1. The van der Waals surface area contributed by atoms with Crippen LogP contribution in [0.1, 0.15) is 11.4 Å². The number of H-pyrrole nitrogens is 1. The zero-order chi connectivity index (χ0) is 22.0. The van der Waals surface area contributed by atoms with Gasteiger partial charge in [0.1, 0.15) is 22.2 Å². The molecule has 1 amide bonds. The van der Waals surface area contributed by atoms with Gasteiger partial charge in [-0.25, -0.2) is 14.4 Å². The summed E-state index contributed by atoms with van der Waals surface area (Å²) < 4.78 is 13.7. The van der Waals surface area contributed by atoms with E-state index in [1.54, 1.807) is 36.3 Å². The van der Waals surface area contributed by atoms with Crippen molar-refractivity contribution in [3.8, 4) is 10.4 Å². The molecule has 0 aliphatic rings. The number of aromatic nitrogens is 3. The van der Waals surface area contributed by atoms with Gasteiger partial charge in [0.25, 0.3) is 5.56 Å². The Balaban J connectivity index is 1.47. The van der Waals surface area contributed by atoms with Gasteiger partial charge in [-0.2, -0.15) is 0 Å². The number of pyridine rings is 1. The van der Waals surface area contributed by atoms with Crippen molar-refractivity contribution in [3.63, 3.8) is 0 Å². The van der Waals surface area contributed by atoms with Crippen molar-refractivity contribution >= 4 is 33.3 Å². The van der Waals surface area contributed by atoms with Crippen LogP contribution in [0.2, 0.25) is 0 Å². The Kier molecular flexibility index (Phi) is 5.88. The molecule has 0 radical (unpaired) electrons. The largest absolute Gasteiger partial charge is 0.310 e. The van der Waals surface area contributed by atoms with Gasteiger partial charge in [0.15, 0.2) is 0 Å². The van der Waals surface area contributed by atoms with Crippen LogP contribution in [-0.4, -0.2) is 39.4 Å². The maximum absolute atomic E-state index is 13.2. The number of aryl methyl sites for hydroxylation is 1. The van der Waals surface area contributed by atoms with Crippen molar-refractivity contribution < 1.29 is 9.18 Å². The first-order valence-electron chi connectivity index (χ1n) is 9.57. The van der Waals surface area contributed by atoms with E-state index in [9.17, 15) is 14.0 Å². The lowest BCUT2D eigenvalue weighted by Gasteiger charge is -2.15. The minimum absolute atomic E-state index is 0.113. The molecule has 0 aliphatic carbocycles. The number of hydrogen-bond acceptors (Lipinski definition) is 6. The SMILES string of the molecule is Cc1ccnc(NC(=O)CN(C)Cc2nc3cc(-c4ccc(F)cc4)sc3c(=O)[nH]2)c1. The summed E-state index contributed by atoms with van der Waals surface area (Å²) in [6, 6.07) is 11.6. The Labute approximate surface area is 181 Å². The van der Waals surface area contributed by atoms with E-state index < -0.39 is 0 Å². The van der Waals surface area contributed by atoms with E-state index in [-0.39, 0.29) is 23.8 Å². The van der Waals surface area contributed by atoms with Crippen molar-refractivity contribution in [2.75, 3.05) is 18.9 Å². The van der Waals surface area contributed by atoms with E-state index in [2.05, 4.69) is 20.3 Å².